The number of allylic oxidation sites excluding steroid dienone is 1. The van der Waals surface area contributed by atoms with E-state index in [-0.39, 0.29) is 5.78 Å². The van der Waals surface area contributed by atoms with Crippen molar-refractivity contribution in [3.63, 3.8) is 0 Å². The fourth-order valence-corrected chi connectivity index (χ4v) is 1.86. The number of rotatable bonds is 4. The molecule has 1 aromatic carbocycles. The first-order valence-corrected chi connectivity index (χ1v) is 5.93. The summed E-state index contributed by atoms with van der Waals surface area (Å²) < 4.78 is 11.6. The van der Waals surface area contributed by atoms with Gasteiger partial charge in [0, 0.05) is 5.39 Å². The molecule has 1 aromatic heterocycles. The van der Waals surface area contributed by atoms with Gasteiger partial charge in [-0.05, 0) is 53.2 Å². The van der Waals surface area contributed by atoms with E-state index < -0.39 is 0 Å². The Bertz CT molecular complexity index is 569. The first kappa shape index (κ1) is 11.9. The Morgan fingerprint density at radius 3 is 3.12 bits per heavy atom. The van der Waals surface area contributed by atoms with Gasteiger partial charge < -0.3 is 9.15 Å². The van der Waals surface area contributed by atoms with Crippen molar-refractivity contribution < 1.29 is 13.9 Å². The smallest absolute Gasteiger partial charge is 0.152 e. The third kappa shape index (κ3) is 2.97. The lowest BCUT2D eigenvalue weighted by atomic mass is 10.2. The topological polar surface area (TPSA) is 39.4 Å². The SMILES string of the molecule is CC(=O)/C=C/COc1cc2ccoc2cc1Br. The molecule has 0 amide bonds. The predicted molar refractivity (Wildman–Crippen MR) is 69.2 cm³/mol. The molecule has 3 nitrogen and oxygen atoms in total. The molecular formula is C13H11BrO3. The number of carbonyl (C=O) groups is 1. The van der Waals surface area contributed by atoms with Crippen LogP contribution >= 0.6 is 15.9 Å². The van der Waals surface area contributed by atoms with Crippen LogP contribution < -0.4 is 4.74 Å². The Hall–Kier alpha value is -1.55. The van der Waals surface area contributed by atoms with Gasteiger partial charge >= 0.3 is 0 Å². The second-order valence-electron chi connectivity index (χ2n) is 3.57. The predicted octanol–water partition coefficient (Wildman–Crippen LogP) is 3.72. The standard InChI is InChI=1S/C13H11BrO3/c1-9(15)3-2-5-16-13-7-10-4-6-17-12(10)8-11(13)14/h2-4,6-8H,5H2,1H3/b3-2+. The summed E-state index contributed by atoms with van der Waals surface area (Å²) in [6, 6.07) is 5.63. The molecule has 0 spiro atoms. The van der Waals surface area contributed by atoms with E-state index >= 15 is 0 Å². The van der Waals surface area contributed by atoms with Crippen LogP contribution in [-0.4, -0.2) is 12.4 Å². The van der Waals surface area contributed by atoms with Crippen molar-refractivity contribution in [3.05, 3.63) is 41.1 Å². The lowest BCUT2D eigenvalue weighted by molar-refractivity contribution is -0.112. The van der Waals surface area contributed by atoms with Crippen LogP contribution in [0.3, 0.4) is 0 Å². The van der Waals surface area contributed by atoms with E-state index in [1.807, 2.05) is 18.2 Å². The molecule has 0 bridgehead atoms. The zero-order valence-corrected chi connectivity index (χ0v) is 10.9. The molecule has 0 radical (unpaired) electrons. The van der Waals surface area contributed by atoms with Crippen LogP contribution in [0, 0.1) is 0 Å². The lowest BCUT2D eigenvalue weighted by Crippen LogP contribution is -1.95. The highest BCUT2D eigenvalue weighted by Crippen LogP contribution is 2.30. The summed E-state index contributed by atoms with van der Waals surface area (Å²) in [5.41, 5.74) is 0.809. The molecule has 2 rings (SSSR count). The van der Waals surface area contributed by atoms with Crippen molar-refractivity contribution in [1.82, 2.24) is 0 Å². The van der Waals surface area contributed by atoms with Crippen molar-refractivity contribution in [2.75, 3.05) is 6.61 Å². The molecule has 1 heterocycles. The molecule has 0 saturated heterocycles. The number of fused-ring (bicyclic) bond motifs is 1. The third-order valence-electron chi connectivity index (χ3n) is 2.19. The molecule has 0 aliphatic carbocycles. The second kappa shape index (κ2) is 5.19. The van der Waals surface area contributed by atoms with E-state index in [4.69, 9.17) is 9.15 Å². The van der Waals surface area contributed by atoms with Crippen LogP contribution in [0.5, 0.6) is 5.75 Å². The van der Waals surface area contributed by atoms with Gasteiger partial charge in [-0.25, -0.2) is 0 Å². The zero-order chi connectivity index (χ0) is 12.3. The Kier molecular flexibility index (Phi) is 3.64. The van der Waals surface area contributed by atoms with Gasteiger partial charge in [0.15, 0.2) is 5.78 Å². The van der Waals surface area contributed by atoms with Gasteiger partial charge in [-0.1, -0.05) is 0 Å². The average Bonchev–Trinajstić information content (AvgIpc) is 2.71. The fourth-order valence-electron chi connectivity index (χ4n) is 1.43. The van der Waals surface area contributed by atoms with Crippen molar-refractivity contribution in [1.29, 1.82) is 0 Å². The van der Waals surface area contributed by atoms with Crippen molar-refractivity contribution >= 4 is 32.7 Å². The van der Waals surface area contributed by atoms with Gasteiger partial charge in [-0.2, -0.15) is 0 Å². The summed E-state index contributed by atoms with van der Waals surface area (Å²) in [6.45, 7) is 1.87. The van der Waals surface area contributed by atoms with Gasteiger partial charge in [0.1, 0.15) is 17.9 Å². The molecule has 0 N–H and O–H groups in total. The van der Waals surface area contributed by atoms with Crippen LogP contribution in [0.1, 0.15) is 6.92 Å². The average molecular weight is 295 g/mol. The van der Waals surface area contributed by atoms with Gasteiger partial charge in [0.2, 0.25) is 0 Å². The van der Waals surface area contributed by atoms with Gasteiger partial charge in [0.05, 0.1) is 10.7 Å². The minimum absolute atomic E-state index is 0.0120. The van der Waals surface area contributed by atoms with E-state index in [2.05, 4.69) is 15.9 Å². The fraction of sp³-hybridized carbons (Fsp3) is 0.154. The van der Waals surface area contributed by atoms with E-state index in [1.165, 1.54) is 13.0 Å². The van der Waals surface area contributed by atoms with E-state index in [0.29, 0.717) is 6.61 Å². The number of ether oxygens (including phenoxy) is 1. The summed E-state index contributed by atoms with van der Waals surface area (Å²) in [7, 11) is 0. The maximum absolute atomic E-state index is 10.7. The first-order valence-electron chi connectivity index (χ1n) is 5.13. The Labute approximate surface area is 107 Å². The quantitative estimate of drug-likeness (QED) is 0.807. The Balaban J connectivity index is 2.12. The molecule has 17 heavy (non-hydrogen) atoms. The Morgan fingerprint density at radius 1 is 1.53 bits per heavy atom. The molecule has 0 saturated carbocycles. The number of benzene rings is 1. The monoisotopic (exact) mass is 294 g/mol. The highest BCUT2D eigenvalue weighted by molar-refractivity contribution is 9.10. The second-order valence-corrected chi connectivity index (χ2v) is 4.42. The van der Waals surface area contributed by atoms with E-state index in [9.17, 15) is 4.79 Å². The molecule has 0 fully saturated rings. The minimum Gasteiger partial charge on any atom is -0.488 e. The minimum atomic E-state index is 0.0120. The van der Waals surface area contributed by atoms with Crippen LogP contribution in [-0.2, 0) is 4.79 Å². The Morgan fingerprint density at radius 2 is 2.35 bits per heavy atom. The number of halogens is 1. The normalized spacial score (nSPS) is 11.2. The van der Waals surface area contributed by atoms with E-state index in [1.54, 1.807) is 12.3 Å². The molecule has 2 aromatic rings. The number of hydrogen-bond donors (Lipinski definition) is 0. The van der Waals surface area contributed by atoms with Crippen LogP contribution in [0.15, 0.2) is 45.5 Å². The number of carbonyl (C=O) groups excluding carboxylic acids is 1. The number of ketones is 1. The molecular weight excluding hydrogens is 284 g/mol. The molecule has 0 atom stereocenters. The van der Waals surface area contributed by atoms with Crippen LogP contribution in [0.4, 0.5) is 0 Å². The largest absolute Gasteiger partial charge is 0.488 e. The molecule has 4 heteroatoms. The summed E-state index contributed by atoms with van der Waals surface area (Å²) in [5.74, 6) is 0.741. The maximum Gasteiger partial charge on any atom is 0.152 e. The highest BCUT2D eigenvalue weighted by atomic mass is 79.9. The van der Waals surface area contributed by atoms with Crippen molar-refractivity contribution in [2.24, 2.45) is 0 Å². The summed E-state index contributed by atoms with van der Waals surface area (Å²) in [4.78, 5) is 10.7. The first-order chi connectivity index (χ1) is 8.16. The summed E-state index contributed by atoms with van der Waals surface area (Å²) >= 11 is 3.41. The lowest BCUT2D eigenvalue weighted by Gasteiger charge is -2.05. The zero-order valence-electron chi connectivity index (χ0n) is 9.27. The number of hydrogen-bond acceptors (Lipinski definition) is 3. The van der Waals surface area contributed by atoms with Crippen LogP contribution in [0.25, 0.3) is 11.0 Å². The van der Waals surface area contributed by atoms with Crippen molar-refractivity contribution in [3.8, 4) is 5.75 Å². The maximum atomic E-state index is 10.7. The molecule has 0 aliphatic rings. The van der Waals surface area contributed by atoms with E-state index in [0.717, 1.165) is 21.2 Å². The van der Waals surface area contributed by atoms with Gasteiger partial charge in [-0.15, -0.1) is 0 Å². The molecule has 0 aliphatic heterocycles. The highest BCUT2D eigenvalue weighted by Gasteiger charge is 2.05. The van der Waals surface area contributed by atoms with Gasteiger partial charge in [-0.3, -0.25) is 4.79 Å². The summed E-state index contributed by atoms with van der Waals surface area (Å²) in [6.07, 6.45) is 4.81. The summed E-state index contributed by atoms with van der Waals surface area (Å²) in [5, 5.41) is 0.985. The van der Waals surface area contributed by atoms with Crippen LogP contribution in [0.2, 0.25) is 0 Å². The van der Waals surface area contributed by atoms with Crippen molar-refractivity contribution in [2.45, 2.75) is 6.92 Å². The molecule has 0 unspecified atom stereocenters. The molecule has 88 valence electrons. The van der Waals surface area contributed by atoms with Gasteiger partial charge in [0.25, 0.3) is 0 Å². The third-order valence-corrected chi connectivity index (χ3v) is 2.81. The number of furan rings is 1.